The van der Waals surface area contributed by atoms with E-state index in [2.05, 4.69) is 5.32 Å². The first-order valence-electron chi connectivity index (χ1n) is 10.5. The number of halogens is 1. The Bertz CT molecular complexity index is 1130. The quantitative estimate of drug-likeness (QED) is 0.558. The summed E-state index contributed by atoms with van der Waals surface area (Å²) in [5.74, 6) is 0.880. The third-order valence-electron chi connectivity index (χ3n) is 4.94. The molecule has 33 heavy (non-hydrogen) atoms. The summed E-state index contributed by atoms with van der Waals surface area (Å²) in [5.41, 5.74) is 1.80. The summed E-state index contributed by atoms with van der Waals surface area (Å²) in [6.45, 7) is 2.46. The smallest absolute Gasteiger partial charge is 0.265 e. The summed E-state index contributed by atoms with van der Waals surface area (Å²) >= 11 is 0. The van der Waals surface area contributed by atoms with Gasteiger partial charge in [-0.05, 0) is 67.1 Å². The van der Waals surface area contributed by atoms with Crippen LogP contribution in [0, 0.1) is 5.82 Å². The molecule has 0 saturated heterocycles. The number of nitrogens with one attached hydrogen (secondary N) is 1. The molecule has 1 aliphatic heterocycles. The van der Waals surface area contributed by atoms with E-state index in [-0.39, 0.29) is 37.4 Å². The maximum Gasteiger partial charge on any atom is 0.265 e. The number of benzene rings is 3. The van der Waals surface area contributed by atoms with Gasteiger partial charge in [0, 0.05) is 5.69 Å². The molecule has 0 unspecified atom stereocenters. The Morgan fingerprint density at radius 3 is 2.42 bits per heavy atom. The van der Waals surface area contributed by atoms with Crippen molar-refractivity contribution in [2.24, 2.45) is 0 Å². The Morgan fingerprint density at radius 1 is 1.03 bits per heavy atom. The zero-order valence-electron chi connectivity index (χ0n) is 18.0. The highest BCUT2D eigenvalue weighted by Gasteiger charge is 2.26. The molecule has 1 aliphatic rings. The van der Waals surface area contributed by atoms with Crippen molar-refractivity contribution in [1.82, 2.24) is 0 Å². The molecule has 4 rings (SSSR count). The van der Waals surface area contributed by atoms with Gasteiger partial charge in [0.25, 0.3) is 11.8 Å². The van der Waals surface area contributed by atoms with Crippen molar-refractivity contribution in [1.29, 1.82) is 0 Å². The molecule has 1 N–H and O–H groups in total. The molecule has 170 valence electrons. The lowest BCUT2D eigenvalue weighted by Crippen LogP contribution is -2.38. The Morgan fingerprint density at radius 2 is 1.73 bits per heavy atom. The van der Waals surface area contributed by atoms with Crippen molar-refractivity contribution >= 4 is 23.2 Å². The highest BCUT2D eigenvalue weighted by Crippen LogP contribution is 2.35. The van der Waals surface area contributed by atoms with Gasteiger partial charge in [-0.3, -0.25) is 9.59 Å². The lowest BCUT2D eigenvalue weighted by atomic mass is 10.1. The van der Waals surface area contributed by atoms with Crippen LogP contribution in [0.15, 0.2) is 66.7 Å². The maximum atomic E-state index is 13.2. The summed E-state index contributed by atoms with van der Waals surface area (Å²) in [4.78, 5) is 26.4. The van der Waals surface area contributed by atoms with Crippen molar-refractivity contribution in [2.75, 3.05) is 30.0 Å². The fourth-order valence-corrected chi connectivity index (χ4v) is 3.37. The third kappa shape index (κ3) is 5.60. The maximum absolute atomic E-state index is 13.2. The number of anilines is 2. The highest BCUT2D eigenvalue weighted by atomic mass is 19.1. The number of hydrogen-bond donors (Lipinski definition) is 1. The number of amides is 2. The van der Waals surface area contributed by atoms with Crippen LogP contribution < -0.4 is 24.4 Å². The molecule has 2 amide bonds. The van der Waals surface area contributed by atoms with Crippen LogP contribution in [-0.4, -0.2) is 31.6 Å². The zero-order valence-corrected chi connectivity index (χ0v) is 18.0. The molecule has 8 heteroatoms. The van der Waals surface area contributed by atoms with Gasteiger partial charge in [0.1, 0.15) is 23.1 Å². The van der Waals surface area contributed by atoms with Crippen molar-refractivity contribution in [3.63, 3.8) is 0 Å². The van der Waals surface area contributed by atoms with Gasteiger partial charge in [0.15, 0.2) is 13.2 Å². The van der Waals surface area contributed by atoms with E-state index < -0.39 is 0 Å². The SMILES string of the molecule is CCOc1ccc(OCC(=O)Nc2ccc3c(c2)N(Cc2ccc(F)cc2)C(=O)CO3)cc1. The molecule has 0 aliphatic carbocycles. The van der Waals surface area contributed by atoms with E-state index in [1.165, 1.54) is 12.1 Å². The van der Waals surface area contributed by atoms with Crippen LogP contribution in [0.4, 0.5) is 15.8 Å². The number of fused-ring (bicyclic) bond motifs is 1. The van der Waals surface area contributed by atoms with Crippen LogP contribution in [0.3, 0.4) is 0 Å². The van der Waals surface area contributed by atoms with Crippen LogP contribution in [-0.2, 0) is 16.1 Å². The molecular formula is C25H23FN2O5. The average molecular weight is 450 g/mol. The third-order valence-corrected chi connectivity index (χ3v) is 4.94. The van der Waals surface area contributed by atoms with Crippen LogP contribution in [0.2, 0.25) is 0 Å². The van der Waals surface area contributed by atoms with Crippen LogP contribution in [0.5, 0.6) is 17.2 Å². The van der Waals surface area contributed by atoms with E-state index >= 15 is 0 Å². The number of ether oxygens (including phenoxy) is 3. The van der Waals surface area contributed by atoms with Crippen molar-refractivity contribution in [3.05, 3.63) is 78.1 Å². The molecule has 0 aromatic heterocycles. The average Bonchev–Trinajstić information content (AvgIpc) is 2.82. The second-order valence-electron chi connectivity index (χ2n) is 7.32. The molecular weight excluding hydrogens is 427 g/mol. The van der Waals surface area contributed by atoms with Gasteiger partial charge in [0.2, 0.25) is 0 Å². The minimum Gasteiger partial charge on any atom is -0.494 e. The number of hydrogen-bond acceptors (Lipinski definition) is 5. The van der Waals surface area contributed by atoms with Crippen molar-refractivity contribution < 1.29 is 28.2 Å². The van der Waals surface area contributed by atoms with Crippen LogP contribution in [0.25, 0.3) is 0 Å². The molecule has 3 aromatic carbocycles. The molecule has 0 saturated carbocycles. The van der Waals surface area contributed by atoms with Gasteiger partial charge in [-0.1, -0.05) is 12.1 Å². The van der Waals surface area contributed by atoms with Crippen molar-refractivity contribution in [3.8, 4) is 17.2 Å². The molecule has 0 atom stereocenters. The van der Waals surface area contributed by atoms with E-state index in [0.717, 1.165) is 11.3 Å². The summed E-state index contributed by atoms with van der Waals surface area (Å²) in [6.07, 6.45) is 0. The minimum absolute atomic E-state index is 0.0875. The Hall–Kier alpha value is -4.07. The Labute approximate surface area is 190 Å². The Balaban J connectivity index is 1.41. The van der Waals surface area contributed by atoms with Crippen LogP contribution >= 0.6 is 0 Å². The molecule has 0 fully saturated rings. The van der Waals surface area contributed by atoms with Gasteiger partial charge < -0.3 is 24.4 Å². The van der Waals surface area contributed by atoms with Crippen molar-refractivity contribution in [2.45, 2.75) is 13.5 Å². The lowest BCUT2D eigenvalue weighted by molar-refractivity contribution is -0.121. The number of carbonyl (C=O) groups is 2. The Kier molecular flexibility index (Phi) is 6.73. The monoisotopic (exact) mass is 450 g/mol. The summed E-state index contributed by atoms with van der Waals surface area (Å²) < 4.78 is 29.6. The first-order valence-corrected chi connectivity index (χ1v) is 10.5. The lowest BCUT2D eigenvalue weighted by Gasteiger charge is -2.30. The normalized spacial score (nSPS) is 12.5. The fraction of sp³-hybridized carbons (Fsp3) is 0.200. The van der Waals surface area contributed by atoms with E-state index in [1.54, 1.807) is 59.5 Å². The number of carbonyl (C=O) groups excluding carboxylic acids is 2. The van der Waals surface area contributed by atoms with Gasteiger partial charge in [-0.25, -0.2) is 4.39 Å². The summed E-state index contributed by atoms with van der Waals surface area (Å²) in [5, 5.41) is 2.77. The molecule has 0 spiro atoms. The van der Waals surface area contributed by atoms with Gasteiger partial charge in [-0.15, -0.1) is 0 Å². The van der Waals surface area contributed by atoms with E-state index in [1.807, 2.05) is 6.92 Å². The summed E-state index contributed by atoms with van der Waals surface area (Å²) in [7, 11) is 0. The van der Waals surface area contributed by atoms with E-state index in [4.69, 9.17) is 14.2 Å². The predicted molar refractivity (Wildman–Crippen MR) is 121 cm³/mol. The molecule has 0 radical (unpaired) electrons. The van der Waals surface area contributed by atoms with Gasteiger partial charge in [0.05, 0.1) is 18.8 Å². The molecule has 0 bridgehead atoms. The second-order valence-corrected chi connectivity index (χ2v) is 7.32. The van der Waals surface area contributed by atoms with E-state index in [0.29, 0.717) is 29.5 Å². The first kappa shape index (κ1) is 22.1. The topological polar surface area (TPSA) is 77.1 Å². The minimum atomic E-state index is -0.350. The number of nitrogens with zero attached hydrogens (tertiary/aromatic N) is 1. The standard InChI is InChI=1S/C25H23FN2O5/c1-2-31-20-8-10-21(11-9-20)32-15-24(29)27-19-7-12-23-22(13-19)28(25(30)16-33-23)14-17-3-5-18(26)6-4-17/h3-13H,2,14-16H2,1H3,(H,27,29). The first-order chi connectivity index (χ1) is 16.0. The zero-order chi connectivity index (χ0) is 23.2. The molecule has 3 aromatic rings. The summed E-state index contributed by atoms with van der Waals surface area (Å²) in [6, 6.07) is 18.0. The predicted octanol–water partition coefficient (Wildman–Crippen LogP) is 4.17. The molecule has 7 nitrogen and oxygen atoms in total. The highest BCUT2D eigenvalue weighted by molar-refractivity contribution is 5.99. The largest absolute Gasteiger partial charge is 0.494 e. The number of rotatable bonds is 8. The fourth-order valence-electron chi connectivity index (χ4n) is 3.37. The van der Waals surface area contributed by atoms with Gasteiger partial charge >= 0.3 is 0 Å². The molecule has 1 heterocycles. The van der Waals surface area contributed by atoms with Gasteiger partial charge in [-0.2, -0.15) is 0 Å². The van der Waals surface area contributed by atoms with Crippen LogP contribution in [0.1, 0.15) is 12.5 Å². The second kappa shape index (κ2) is 10.0. The van der Waals surface area contributed by atoms with E-state index in [9.17, 15) is 14.0 Å².